The number of benzene rings is 2. The summed E-state index contributed by atoms with van der Waals surface area (Å²) in [6, 6.07) is 19.1. The summed E-state index contributed by atoms with van der Waals surface area (Å²) in [4.78, 5) is 25.8. The number of hydrogen-bond donors (Lipinski definition) is 2. The van der Waals surface area contributed by atoms with Gasteiger partial charge in [0.05, 0.1) is 6.04 Å². The predicted octanol–water partition coefficient (Wildman–Crippen LogP) is 5.39. The molecule has 0 saturated heterocycles. The zero-order valence-corrected chi connectivity index (χ0v) is 18.6. The second kappa shape index (κ2) is 12.8. The van der Waals surface area contributed by atoms with Crippen LogP contribution in [0.15, 0.2) is 60.7 Å². The molecular weight excluding hydrogens is 372 g/mol. The highest BCUT2D eigenvalue weighted by Gasteiger charge is 2.28. The van der Waals surface area contributed by atoms with E-state index in [2.05, 4.69) is 17.6 Å². The second-order valence-corrected chi connectivity index (χ2v) is 8.00. The van der Waals surface area contributed by atoms with Crippen LogP contribution in [0.5, 0.6) is 0 Å². The fourth-order valence-electron chi connectivity index (χ4n) is 3.54. The maximum atomic E-state index is 13.3. The first-order chi connectivity index (χ1) is 14.6. The van der Waals surface area contributed by atoms with Crippen LogP contribution in [-0.2, 0) is 9.59 Å². The first-order valence-corrected chi connectivity index (χ1v) is 11.3. The van der Waals surface area contributed by atoms with E-state index in [1.807, 2.05) is 74.5 Å². The molecule has 30 heavy (non-hydrogen) atoms. The van der Waals surface area contributed by atoms with Crippen LogP contribution in [0.2, 0.25) is 0 Å². The van der Waals surface area contributed by atoms with Crippen molar-refractivity contribution in [2.24, 2.45) is 5.92 Å². The Kier molecular flexibility index (Phi) is 10.1. The van der Waals surface area contributed by atoms with Crippen molar-refractivity contribution >= 4 is 11.8 Å². The van der Waals surface area contributed by atoms with Gasteiger partial charge in [-0.1, -0.05) is 107 Å². The van der Waals surface area contributed by atoms with Crippen molar-refractivity contribution in [3.8, 4) is 0 Å². The lowest BCUT2D eigenvalue weighted by Crippen LogP contribution is -2.51. The maximum absolute atomic E-state index is 13.3. The lowest BCUT2D eigenvalue weighted by molar-refractivity contribution is -0.130. The lowest BCUT2D eigenvalue weighted by Gasteiger charge is -2.27. The maximum Gasteiger partial charge on any atom is 0.243 e. The monoisotopic (exact) mass is 408 g/mol. The smallest absolute Gasteiger partial charge is 0.243 e. The Balaban J connectivity index is 2.14. The van der Waals surface area contributed by atoms with E-state index in [-0.39, 0.29) is 23.8 Å². The van der Waals surface area contributed by atoms with Gasteiger partial charge in [-0.3, -0.25) is 9.59 Å². The van der Waals surface area contributed by atoms with Crippen molar-refractivity contribution in [2.75, 3.05) is 0 Å². The van der Waals surface area contributed by atoms with E-state index in [1.165, 1.54) is 0 Å². The van der Waals surface area contributed by atoms with Gasteiger partial charge in [-0.25, -0.2) is 0 Å². The molecule has 2 unspecified atom stereocenters. The standard InChI is InChI=1S/C26H36N2O2/c1-4-6-7-14-19-23(29)27-24(20(3)5-2)26(30)28-25(21-15-10-8-11-16-21)22-17-12-9-13-18-22/h8-13,15-18,20,24-25H,4-7,14,19H2,1-3H3,(H,27,29)(H,28,30). The van der Waals surface area contributed by atoms with E-state index in [4.69, 9.17) is 0 Å². The van der Waals surface area contributed by atoms with E-state index < -0.39 is 6.04 Å². The second-order valence-electron chi connectivity index (χ2n) is 8.00. The Bertz CT molecular complexity index is 722. The number of unbranched alkanes of at least 4 members (excludes halogenated alkanes) is 3. The Labute approximate surface area is 181 Å². The fourth-order valence-corrected chi connectivity index (χ4v) is 3.54. The topological polar surface area (TPSA) is 58.2 Å². The van der Waals surface area contributed by atoms with E-state index in [0.29, 0.717) is 6.42 Å². The lowest BCUT2D eigenvalue weighted by atomic mass is 9.95. The molecule has 2 rings (SSSR count). The Morgan fingerprint density at radius 3 is 1.87 bits per heavy atom. The number of rotatable bonds is 12. The van der Waals surface area contributed by atoms with Crippen molar-refractivity contribution in [3.63, 3.8) is 0 Å². The normalized spacial score (nSPS) is 12.9. The summed E-state index contributed by atoms with van der Waals surface area (Å²) in [5.74, 6) is -0.122. The van der Waals surface area contributed by atoms with Crippen LogP contribution in [0.25, 0.3) is 0 Å². The van der Waals surface area contributed by atoms with Gasteiger partial charge in [0.25, 0.3) is 0 Å². The Morgan fingerprint density at radius 2 is 1.37 bits per heavy atom. The summed E-state index contributed by atoms with van der Waals surface area (Å²) in [6.07, 6.45) is 5.48. The van der Waals surface area contributed by atoms with Crippen LogP contribution < -0.4 is 10.6 Å². The van der Waals surface area contributed by atoms with E-state index in [1.54, 1.807) is 0 Å². The van der Waals surface area contributed by atoms with Gasteiger partial charge in [-0.2, -0.15) is 0 Å². The van der Waals surface area contributed by atoms with Gasteiger partial charge in [0.2, 0.25) is 11.8 Å². The first kappa shape index (κ1) is 23.7. The number of amides is 2. The molecule has 0 aliphatic heterocycles. The van der Waals surface area contributed by atoms with E-state index in [0.717, 1.165) is 43.2 Å². The van der Waals surface area contributed by atoms with Crippen molar-refractivity contribution in [1.29, 1.82) is 0 Å². The highest BCUT2D eigenvalue weighted by molar-refractivity contribution is 5.88. The zero-order chi connectivity index (χ0) is 21.8. The van der Waals surface area contributed by atoms with Gasteiger partial charge < -0.3 is 10.6 Å². The van der Waals surface area contributed by atoms with Crippen LogP contribution >= 0.6 is 0 Å². The van der Waals surface area contributed by atoms with Crippen LogP contribution in [0.4, 0.5) is 0 Å². The number of carbonyl (C=O) groups is 2. The first-order valence-electron chi connectivity index (χ1n) is 11.3. The SMILES string of the molecule is CCCCCCC(=O)NC(C(=O)NC(c1ccccc1)c1ccccc1)C(C)CC. The molecule has 0 fully saturated rings. The molecule has 0 aliphatic carbocycles. The minimum Gasteiger partial charge on any atom is -0.344 e. The molecule has 0 aromatic heterocycles. The van der Waals surface area contributed by atoms with E-state index in [9.17, 15) is 9.59 Å². The molecule has 2 aromatic rings. The molecule has 0 bridgehead atoms. The molecule has 162 valence electrons. The third-order valence-electron chi connectivity index (χ3n) is 5.62. The summed E-state index contributed by atoms with van der Waals surface area (Å²) in [5.41, 5.74) is 2.04. The molecule has 0 radical (unpaired) electrons. The molecule has 0 saturated carbocycles. The Hall–Kier alpha value is -2.62. The fraction of sp³-hybridized carbons (Fsp3) is 0.462. The molecule has 2 aromatic carbocycles. The molecule has 2 N–H and O–H groups in total. The molecule has 0 aliphatic rings. The largest absolute Gasteiger partial charge is 0.344 e. The highest BCUT2D eigenvalue weighted by atomic mass is 16.2. The summed E-state index contributed by atoms with van der Waals surface area (Å²) in [6.45, 7) is 6.21. The molecule has 2 amide bonds. The van der Waals surface area contributed by atoms with Crippen LogP contribution in [0, 0.1) is 5.92 Å². The molecule has 2 atom stereocenters. The molecular formula is C26H36N2O2. The van der Waals surface area contributed by atoms with Crippen LogP contribution in [0.3, 0.4) is 0 Å². The molecule has 4 heteroatoms. The molecule has 4 nitrogen and oxygen atoms in total. The predicted molar refractivity (Wildman–Crippen MR) is 123 cm³/mol. The van der Waals surface area contributed by atoms with Gasteiger partial charge in [-0.05, 0) is 23.5 Å². The van der Waals surface area contributed by atoms with Gasteiger partial charge in [0.15, 0.2) is 0 Å². The van der Waals surface area contributed by atoms with Crippen molar-refractivity contribution < 1.29 is 9.59 Å². The van der Waals surface area contributed by atoms with Gasteiger partial charge >= 0.3 is 0 Å². The number of carbonyl (C=O) groups excluding carboxylic acids is 2. The zero-order valence-electron chi connectivity index (χ0n) is 18.6. The summed E-state index contributed by atoms with van der Waals surface area (Å²) in [5, 5.41) is 6.19. The summed E-state index contributed by atoms with van der Waals surface area (Å²) >= 11 is 0. The average molecular weight is 409 g/mol. The van der Waals surface area contributed by atoms with Crippen molar-refractivity contribution in [1.82, 2.24) is 10.6 Å². The average Bonchev–Trinajstić information content (AvgIpc) is 2.79. The Morgan fingerprint density at radius 1 is 0.800 bits per heavy atom. The van der Waals surface area contributed by atoms with Crippen LogP contribution in [0.1, 0.15) is 76.5 Å². The quantitative estimate of drug-likeness (QED) is 0.462. The van der Waals surface area contributed by atoms with Gasteiger partial charge in [-0.15, -0.1) is 0 Å². The third kappa shape index (κ3) is 7.33. The summed E-state index contributed by atoms with van der Waals surface area (Å²) in [7, 11) is 0. The molecule has 0 spiro atoms. The minimum atomic E-state index is -0.538. The van der Waals surface area contributed by atoms with Crippen molar-refractivity contribution in [2.45, 2.75) is 71.4 Å². The molecule has 0 heterocycles. The highest BCUT2D eigenvalue weighted by Crippen LogP contribution is 2.22. The number of hydrogen-bond acceptors (Lipinski definition) is 2. The van der Waals surface area contributed by atoms with Crippen molar-refractivity contribution in [3.05, 3.63) is 71.8 Å². The third-order valence-corrected chi connectivity index (χ3v) is 5.62. The minimum absolute atomic E-state index is 0.0393. The van der Waals surface area contributed by atoms with E-state index >= 15 is 0 Å². The van der Waals surface area contributed by atoms with Gasteiger partial charge in [0.1, 0.15) is 6.04 Å². The van der Waals surface area contributed by atoms with Crippen LogP contribution in [-0.4, -0.2) is 17.9 Å². The summed E-state index contributed by atoms with van der Waals surface area (Å²) < 4.78 is 0. The number of nitrogens with one attached hydrogen (secondary N) is 2. The van der Waals surface area contributed by atoms with Gasteiger partial charge in [0, 0.05) is 6.42 Å².